The molecule has 8 nitrogen and oxygen atoms in total. The van der Waals surface area contributed by atoms with Crippen molar-refractivity contribution < 1.29 is 29.3 Å². The van der Waals surface area contributed by atoms with E-state index < -0.39 is 35.7 Å². The van der Waals surface area contributed by atoms with E-state index in [9.17, 15) is 19.5 Å². The number of aliphatic hydroxyl groups is 1. The van der Waals surface area contributed by atoms with Crippen LogP contribution in [0.4, 0.5) is 4.79 Å². The molecule has 1 heterocycles. The standard InChI is InChI=1S/C11H18N2O6/c1-11(2,9(16)19-3)12-8(15)7-4-6(14)5-13(7)10(17)18/h6-7,14H,4-5H2,1-3H3,(H,12,15)(H,17,18). The van der Waals surface area contributed by atoms with Gasteiger partial charge in [0.05, 0.1) is 19.8 Å². The molecule has 0 aromatic carbocycles. The van der Waals surface area contributed by atoms with E-state index in [1.165, 1.54) is 21.0 Å². The Kier molecular flexibility index (Phi) is 4.35. The molecular weight excluding hydrogens is 256 g/mol. The Bertz CT molecular complexity index is 395. The summed E-state index contributed by atoms with van der Waals surface area (Å²) in [7, 11) is 1.19. The molecule has 0 aromatic rings. The van der Waals surface area contributed by atoms with E-state index in [1.807, 2.05) is 0 Å². The van der Waals surface area contributed by atoms with Crippen molar-refractivity contribution in [2.75, 3.05) is 13.7 Å². The second-order valence-electron chi connectivity index (χ2n) is 4.95. The summed E-state index contributed by atoms with van der Waals surface area (Å²) in [5.41, 5.74) is -1.26. The van der Waals surface area contributed by atoms with Crippen molar-refractivity contribution in [3.8, 4) is 0 Å². The van der Waals surface area contributed by atoms with Gasteiger partial charge in [-0.2, -0.15) is 0 Å². The normalized spacial score (nSPS) is 23.1. The number of aliphatic hydroxyl groups excluding tert-OH is 1. The molecule has 2 amide bonds. The number of β-amino-alcohol motifs (C(OH)–C–C–N with tert-alkyl or cyclic N) is 1. The molecule has 1 saturated heterocycles. The molecule has 0 aromatic heterocycles. The molecule has 0 spiro atoms. The first-order valence-corrected chi connectivity index (χ1v) is 5.77. The molecule has 2 atom stereocenters. The highest BCUT2D eigenvalue weighted by Gasteiger charge is 2.41. The fourth-order valence-electron chi connectivity index (χ4n) is 1.97. The van der Waals surface area contributed by atoms with Crippen LogP contribution in [0, 0.1) is 0 Å². The monoisotopic (exact) mass is 274 g/mol. The lowest BCUT2D eigenvalue weighted by Crippen LogP contribution is -2.56. The number of esters is 1. The summed E-state index contributed by atoms with van der Waals surface area (Å²) in [4.78, 5) is 35.3. The summed E-state index contributed by atoms with van der Waals surface area (Å²) in [6.45, 7) is 2.78. The average molecular weight is 274 g/mol. The molecule has 8 heteroatoms. The van der Waals surface area contributed by atoms with Crippen LogP contribution >= 0.6 is 0 Å². The number of hydrogen-bond acceptors (Lipinski definition) is 5. The molecule has 0 bridgehead atoms. The Morgan fingerprint density at radius 3 is 2.42 bits per heavy atom. The molecule has 1 rings (SSSR count). The van der Waals surface area contributed by atoms with Crippen molar-refractivity contribution in [3.63, 3.8) is 0 Å². The number of rotatable bonds is 3. The molecule has 19 heavy (non-hydrogen) atoms. The molecule has 1 aliphatic rings. The molecule has 3 N–H and O–H groups in total. The van der Waals surface area contributed by atoms with Gasteiger partial charge in [0.1, 0.15) is 11.6 Å². The number of amides is 2. The minimum Gasteiger partial charge on any atom is -0.467 e. The zero-order valence-electron chi connectivity index (χ0n) is 11.0. The maximum Gasteiger partial charge on any atom is 0.408 e. The van der Waals surface area contributed by atoms with E-state index in [0.717, 1.165) is 4.90 Å². The van der Waals surface area contributed by atoms with Crippen LogP contribution in [0.5, 0.6) is 0 Å². The first-order chi connectivity index (χ1) is 8.69. The SMILES string of the molecule is COC(=O)C(C)(C)NC(=O)C1CC(O)CN1C(=O)O. The van der Waals surface area contributed by atoms with Crippen LogP contribution in [0.3, 0.4) is 0 Å². The van der Waals surface area contributed by atoms with Gasteiger partial charge in [0.25, 0.3) is 0 Å². The van der Waals surface area contributed by atoms with Gasteiger partial charge in [0, 0.05) is 6.42 Å². The first kappa shape index (κ1) is 15.2. The van der Waals surface area contributed by atoms with E-state index in [0.29, 0.717) is 0 Å². The number of carboxylic acid groups (broad SMARTS) is 1. The molecule has 0 aliphatic carbocycles. The topological polar surface area (TPSA) is 116 Å². The summed E-state index contributed by atoms with van der Waals surface area (Å²) < 4.78 is 4.54. The van der Waals surface area contributed by atoms with Crippen LogP contribution in [-0.4, -0.2) is 64.4 Å². The van der Waals surface area contributed by atoms with Crippen molar-refractivity contribution in [3.05, 3.63) is 0 Å². The van der Waals surface area contributed by atoms with Gasteiger partial charge in [0.15, 0.2) is 0 Å². The summed E-state index contributed by atoms with van der Waals surface area (Å²) in [5, 5.41) is 20.8. The van der Waals surface area contributed by atoms with Crippen molar-refractivity contribution in [2.24, 2.45) is 0 Å². The summed E-state index contributed by atoms with van der Waals surface area (Å²) in [6.07, 6.45) is -2.16. The number of ether oxygens (including phenoxy) is 1. The van der Waals surface area contributed by atoms with Crippen LogP contribution in [-0.2, 0) is 14.3 Å². The van der Waals surface area contributed by atoms with E-state index in [4.69, 9.17) is 5.11 Å². The second-order valence-corrected chi connectivity index (χ2v) is 4.95. The molecule has 0 radical (unpaired) electrons. The first-order valence-electron chi connectivity index (χ1n) is 5.77. The quantitative estimate of drug-likeness (QED) is 0.578. The summed E-state index contributed by atoms with van der Waals surface area (Å²) in [6, 6.07) is -1.00. The molecule has 1 fully saturated rings. The Labute approximate surface area is 110 Å². The number of carbonyl (C=O) groups is 3. The lowest BCUT2D eigenvalue weighted by molar-refractivity contribution is -0.149. The lowest BCUT2D eigenvalue weighted by atomic mass is 10.0. The number of hydrogen-bond donors (Lipinski definition) is 3. The smallest absolute Gasteiger partial charge is 0.408 e. The minimum atomic E-state index is -1.28. The van der Waals surface area contributed by atoms with Gasteiger partial charge in [-0.3, -0.25) is 9.69 Å². The number of nitrogens with zero attached hydrogens (tertiary/aromatic N) is 1. The van der Waals surface area contributed by atoms with Crippen LogP contribution in [0.15, 0.2) is 0 Å². The maximum atomic E-state index is 12.0. The van der Waals surface area contributed by atoms with Crippen LogP contribution in [0.25, 0.3) is 0 Å². The van der Waals surface area contributed by atoms with Gasteiger partial charge in [-0.25, -0.2) is 9.59 Å². The third kappa shape index (κ3) is 3.34. The third-order valence-electron chi connectivity index (χ3n) is 2.96. The van der Waals surface area contributed by atoms with Crippen molar-refractivity contribution in [1.82, 2.24) is 10.2 Å². The molecule has 0 saturated carbocycles. The lowest BCUT2D eigenvalue weighted by Gasteiger charge is -2.27. The Morgan fingerprint density at radius 2 is 1.95 bits per heavy atom. The summed E-state index contributed by atoms with van der Waals surface area (Å²) in [5.74, 6) is -1.27. The van der Waals surface area contributed by atoms with Gasteiger partial charge in [-0.15, -0.1) is 0 Å². The van der Waals surface area contributed by atoms with Crippen LogP contribution in [0.2, 0.25) is 0 Å². The van der Waals surface area contributed by atoms with Crippen LogP contribution < -0.4 is 5.32 Å². The highest BCUT2D eigenvalue weighted by Crippen LogP contribution is 2.19. The van der Waals surface area contributed by atoms with Crippen molar-refractivity contribution in [2.45, 2.75) is 38.0 Å². The highest BCUT2D eigenvalue weighted by atomic mass is 16.5. The van der Waals surface area contributed by atoms with E-state index in [-0.39, 0.29) is 13.0 Å². The Hall–Kier alpha value is -1.83. The average Bonchev–Trinajstić information content (AvgIpc) is 2.69. The zero-order valence-corrected chi connectivity index (χ0v) is 11.0. The summed E-state index contributed by atoms with van der Waals surface area (Å²) >= 11 is 0. The Morgan fingerprint density at radius 1 is 1.37 bits per heavy atom. The number of nitrogens with one attached hydrogen (secondary N) is 1. The molecular formula is C11H18N2O6. The minimum absolute atomic E-state index is 0.00931. The van der Waals surface area contributed by atoms with E-state index >= 15 is 0 Å². The van der Waals surface area contributed by atoms with Crippen molar-refractivity contribution in [1.29, 1.82) is 0 Å². The molecule has 108 valence electrons. The van der Waals surface area contributed by atoms with Gasteiger partial charge >= 0.3 is 12.1 Å². The van der Waals surface area contributed by atoms with Gasteiger partial charge in [-0.05, 0) is 13.8 Å². The largest absolute Gasteiger partial charge is 0.467 e. The van der Waals surface area contributed by atoms with E-state index in [2.05, 4.69) is 10.1 Å². The van der Waals surface area contributed by atoms with Gasteiger partial charge in [0.2, 0.25) is 5.91 Å². The predicted molar refractivity (Wildman–Crippen MR) is 63.4 cm³/mol. The fraction of sp³-hybridized carbons (Fsp3) is 0.727. The fourth-order valence-corrected chi connectivity index (χ4v) is 1.97. The predicted octanol–water partition coefficient (Wildman–Crippen LogP) is -0.833. The number of methoxy groups -OCH3 is 1. The van der Waals surface area contributed by atoms with Crippen LogP contribution in [0.1, 0.15) is 20.3 Å². The van der Waals surface area contributed by atoms with Crippen molar-refractivity contribution >= 4 is 18.0 Å². The van der Waals surface area contributed by atoms with E-state index in [1.54, 1.807) is 0 Å². The molecule has 1 aliphatic heterocycles. The zero-order chi connectivity index (χ0) is 14.8. The Balaban J connectivity index is 2.77. The highest BCUT2D eigenvalue weighted by molar-refractivity contribution is 5.91. The van der Waals surface area contributed by atoms with Gasteiger partial charge in [-0.1, -0.05) is 0 Å². The molecule has 2 unspecified atom stereocenters. The van der Waals surface area contributed by atoms with Gasteiger partial charge < -0.3 is 20.3 Å². The number of carbonyl (C=O) groups excluding carboxylic acids is 2. The maximum absolute atomic E-state index is 12.0. The third-order valence-corrected chi connectivity index (χ3v) is 2.96. The number of likely N-dealkylation sites (tertiary alicyclic amines) is 1. The second kappa shape index (κ2) is 5.43.